The van der Waals surface area contributed by atoms with Crippen LogP contribution in [-0.2, 0) is 6.42 Å². The lowest BCUT2D eigenvalue weighted by Crippen LogP contribution is -2.45. The van der Waals surface area contributed by atoms with Crippen molar-refractivity contribution < 1.29 is 0 Å². The number of likely N-dealkylation sites (tertiary alicyclic amines) is 1. The molecule has 1 fully saturated rings. The summed E-state index contributed by atoms with van der Waals surface area (Å²) in [6, 6.07) is 4.86. The molecule has 0 saturated carbocycles. The molecule has 20 heavy (non-hydrogen) atoms. The van der Waals surface area contributed by atoms with Gasteiger partial charge in [0.1, 0.15) is 0 Å². The van der Waals surface area contributed by atoms with Crippen molar-refractivity contribution in [2.45, 2.75) is 45.6 Å². The summed E-state index contributed by atoms with van der Waals surface area (Å²) in [6.45, 7) is 9.41. The van der Waals surface area contributed by atoms with E-state index in [-0.39, 0.29) is 0 Å². The average Bonchev–Trinajstić information content (AvgIpc) is 2.52. The van der Waals surface area contributed by atoms with Gasteiger partial charge in [-0.25, -0.2) is 0 Å². The number of aromatic nitrogens is 1. The maximum absolute atomic E-state index is 4.20. The Balaban J connectivity index is 1.75. The molecule has 1 saturated heterocycles. The van der Waals surface area contributed by atoms with E-state index in [1.165, 1.54) is 44.5 Å². The molecule has 2 rings (SSSR count). The van der Waals surface area contributed by atoms with Crippen molar-refractivity contribution in [3.05, 3.63) is 30.1 Å². The highest BCUT2D eigenvalue weighted by Gasteiger charge is 2.23. The van der Waals surface area contributed by atoms with Crippen LogP contribution in [0.1, 0.15) is 38.7 Å². The second kappa shape index (κ2) is 8.38. The third-order valence-electron chi connectivity index (χ3n) is 4.40. The van der Waals surface area contributed by atoms with Gasteiger partial charge < -0.3 is 10.2 Å². The molecule has 0 aromatic carbocycles. The maximum atomic E-state index is 4.20. The smallest absolute Gasteiger partial charge is 0.0300 e. The number of rotatable bonds is 7. The molecule has 0 aliphatic carbocycles. The third-order valence-corrected chi connectivity index (χ3v) is 4.40. The van der Waals surface area contributed by atoms with Gasteiger partial charge in [-0.1, -0.05) is 13.0 Å². The van der Waals surface area contributed by atoms with Crippen molar-refractivity contribution in [1.29, 1.82) is 0 Å². The number of hydrogen-bond acceptors (Lipinski definition) is 3. The van der Waals surface area contributed by atoms with Crippen LogP contribution in [0, 0.1) is 5.92 Å². The number of hydrogen-bond donors (Lipinski definition) is 1. The molecule has 0 radical (unpaired) electrons. The van der Waals surface area contributed by atoms with Crippen LogP contribution in [0.25, 0.3) is 0 Å². The molecule has 2 heterocycles. The van der Waals surface area contributed by atoms with Gasteiger partial charge in [0, 0.05) is 31.5 Å². The molecule has 3 heteroatoms. The van der Waals surface area contributed by atoms with Crippen LogP contribution in [0.4, 0.5) is 0 Å². The Morgan fingerprint density at radius 2 is 2.40 bits per heavy atom. The molecule has 2 atom stereocenters. The van der Waals surface area contributed by atoms with E-state index in [0.717, 1.165) is 18.9 Å². The quantitative estimate of drug-likeness (QED) is 0.829. The Hall–Kier alpha value is -0.930. The topological polar surface area (TPSA) is 28.2 Å². The summed E-state index contributed by atoms with van der Waals surface area (Å²) in [7, 11) is 0. The summed E-state index contributed by atoms with van der Waals surface area (Å²) >= 11 is 0. The molecule has 0 bridgehead atoms. The fourth-order valence-electron chi connectivity index (χ4n) is 3.07. The lowest BCUT2D eigenvalue weighted by molar-refractivity contribution is 0.152. The van der Waals surface area contributed by atoms with Gasteiger partial charge in [-0.2, -0.15) is 0 Å². The first-order chi connectivity index (χ1) is 9.79. The second-order valence-corrected chi connectivity index (χ2v) is 6.06. The van der Waals surface area contributed by atoms with Crippen LogP contribution in [-0.4, -0.2) is 42.1 Å². The number of pyridine rings is 1. The lowest BCUT2D eigenvalue weighted by Gasteiger charge is -2.36. The zero-order chi connectivity index (χ0) is 14.2. The summed E-state index contributed by atoms with van der Waals surface area (Å²) in [5, 5.41) is 3.66. The van der Waals surface area contributed by atoms with Gasteiger partial charge in [0.2, 0.25) is 0 Å². The highest BCUT2D eigenvalue weighted by molar-refractivity contribution is 5.08. The van der Waals surface area contributed by atoms with Crippen molar-refractivity contribution >= 4 is 0 Å². The molecule has 1 aromatic heterocycles. The van der Waals surface area contributed by atoms with Crippen molar-refractivity contribution in [3.63, 3.8) is 0 Å². The van der Waals surface area contributed by atoms with Gasteiger partial charge in [0.15, 0.2) is 0 Å². The van der Waals surface area contributed by atoms with Crippen LogP contribution in [0.3, 0.4) is 0 Å². The highest BCUT2D eigenvalue weighted by atomic mass is 15.1. The summed E-state index contributed by atoms with van der Waals surface area (Å²) < 4.78 is 0. The molecule has 1 aromatic rings. The zero-order valence-electron chi connectivity index (χ0n) is 13.0. The second-order valence-electron chi connectivity index (χ2n) is 6.06. The Kier molecular flexibility index (Phi) is 6.48. The van der Waals surface area contributed by atoms with E-state index in [4.69, 9.17) is 0 Å². The van der Waals surface area contributed by atoms with Crippen LogP contribution >= 0.6 is 0 Å². The van der Waals surface area contributed by atoms with Gasteiger partial charge in [0.25, 0.3) is 0 Å². The Morgan fingerprint density at radius 1 is 1.50 bits per heavy atom. The van der Waals surface area contributed by atoms with Crippen LogP contribution in [0.5, 0.6) is 0 Å². The Labute approximate surface area is 123 Å². The third kappa shape index (κ3) is 4.88. The van der Waals surface area contributed by atoms with Gasteiger partial charge in [-0.15, -0.1) is 0 Å². The zero-order valence-corrected chi connectivity index (χ0v) is 13.0. The van der Waals surface area contributed by atoms with Crippen molar-refractivity contribution in [3.8, 4) is 0 Å². The predicted molar refractivity (Wildman–Crippen MR) is 84.9 cm³/mol. The standard InChI is InChI=1S/C17H29N3/c1-3-9-19-15(2)17-7-5-11-20(14-17)12-8-16-6-4-10-18-13-16/h4,6,10,13,15,17,19H,3,5,7-9,11-12,14H2,1-2H3. The molecule has 2 unspecified atom stereocenters. The van der Waals surface area contributed by atoms with E-state index in [0.29, 0.717) is 6.04 Å². The molecule has 1 aliphatic rings. The van der Waals surface area contributed by atoms with Crippen LogP contribution < -0.4 is 5.32 Å². The molecule has 3 nitrogen and oxygen atoms in total. The minimum absolute atomic E-state index is 0.649. The van der Waals surface area contributed by atoms with Crippen LogP contribution in [0.15, 0.2) is 24.5 Å². The van der Waals surface area contributed by atoms with Crippen molar-refractivity contribution in [2.75, 3.05) is 26.2 Å². The SMILES string of the molecule is CCCNC(C)C1CCCN(CCc2cccnc2)C1. The monoisotopic (exact) mass is 275 g/mol. The Morgan fingerprint density at radius 3 is 3.15 bits per heavy atom. The Bertz CT molecular complexity index is 366. The van der Waals surface area contributed by atoms with E-state index < -0.39 is 0 Å². The largest absolute Gasteiger partial charge is 0.314 e. The first-order valence-electron chi connectivity index (χ1n) is 8.14. The van der Waals surface area contributed by atoms with Gasteiger partial charge in [-0.05, 0) is 63.2 Å². The number of nitrogens with one attached hydrogen (secondary N) is 1. The first-order valence-corrected chi connectivity index (χ1v) is 8.14. The van der Waals surface area contributed by atoms with E-state index in [1.54, 1.807) is 0 Å². The fourth-order valence-corrected chi connectivity index (χ4v) is 3.07. The van der Waals surface area contributed by atoms with Gasteiger partial charge in [0.05, 0.1) is 0 Å². The van der Waals surface area contributed by atoms with E-state index >= 15 is 0 Å². The molecule has 1 aliphatic heterocycles. The molecule has 112 valence electrons. The predicted octanol–water partition coefficient (Wildman–Crippen LogP) is 2.72. The van der Waals surface area contributed by atoms with Crippen LogP contribution in [0.2, 0.25) is 0 Å². The van der Waals surface area contributed by atoms with E-state index in [9.17, 15) is 0 Å². The first kappa shape index (κ1) is 15.5. The van der Waals surface area contributed by atoms with E-state index in [1.807, 2.05) is 18.5 Å². The number of nitrogens with zero attached hydrogens (tertiary/aromatic N) is 2. The van der Waals surface area contributed by atoms with Gasteiger partial charge in [-0.3, -0.25) is 4.98 Å². The normalized spacial score (nSPS) is 21.8. The van der Waals surface area contributed by atoms with Crippen molar-refractivity contribution in [1.82, 2.24) is 15.2 Å². The minimum Gasteiger partial charge on any atom is -0.314 e. The summed E-state index contributed by atoms with van der Waals surface area (Å²) in [6.07, 6.45) is 8.91. The molecule has 0 spiro atoms. The summed E-state index contributed by atoms with van der Waals surface area (Å²) in [5.41, 5.74) is 1.35. The fraction of sp³-hybridized carbons (Fsp3) is 0.706. The lowest BCUT2D eigenvalue weighted by atomic mass is 9.91. The van der Waals surface area contributed by atoms with Crippen molar-refractivity contribution in [2.24, 2.45) is 5.92 Å². The molecular formula is C17H29N3. The van der Waals surface area contributed by atoms with Gasteiger partial charge >= 0.3 is 0 Å². The molecule has 0 amide bonds. The van der Waals surface area contributed by atoms with E-state index in [2.05, 4.69) is 35.1 Å². The molecule has 1 N–H and O–H groups in total. The summed E-state index contributed by atoms with van der Waals surface area (Å²) in [4.78, 5) is 6.83. The molecular weight excluding hydrogens is 246 g/mol. The average molecular weight is 275 g/mol. The maximum Gasteiger partial charge on any atom is 0.0300 e. The summed E-state index contributed by atoms with van der Waals surface area (Å²) in [5.74, 6) is 0.809. The highest BCUT2D eigenvalue weighted by Crippen LogP contribution is 2.20. The number of piperidine rings is 1. The minimum atomic E-state index is 0.649.